The Morgan fingerprint density at radius 1 is 1.07 bits per heavy atom. The smallest absolute Gasteiger partial charge is 0.0462 e. The molecule has 82 valence electrons. The lowest BCUT2D eigenvalue weighted by Gasteiger charge is -2.47. The van der Waals surface area contributed by atoms with Gasteiger partial charge in [0.15, 0.2) is 0 Å². The van der Waals surface area contributed by atoms with Gasteiger partial charge in [-0.2, -0.15) is 0 Å². The van der Waals surface area contributed by atoms with E-state index in [1.807, 2.05) is 0 Å². The van der Waals surface area contributed by atoms with Crippen molar-refractivity contribution < 1.29 is 5.11 Å². The summed E-state index contributed by atoms with van der Waals surface area (Å²) in [6, 6.07) is 0. The number of fused-ring (bicyclic) bond motifs is 3. The predicted molar refractivity (Wildman–Crippen MR) is 59.0 cm³/mol. The van der Waals surface area contributed by atoms with E-state index in [2.05, 4.69) is 13.8 Å². The predicted octanol–water partition coefficient (Wildman–Crippen LogP) is 3.08. The normalized spacial score (nSPS) is 42.0. The van der Waals surface area contributed by atoms with Gasteiger partial charge in [0, 0.05) is 6.61 Å². The molecule has 1 N–H and O–H groups in total. The Hall–Kier alpha value is -0.0400. The van der Waals surface area contributed by atoms with Gasteiger partial charge in [-0.15, -0.1) is 0 Å². The second-order valence-electron chi connectivity index (χ2n) is 5.90. The summed E-state index contributed by atoms with van der Waals surface area (Å²) in [7, 11) is 0. The second kappa shape index (κ2) is 4.22. The summed E-state index contributed by atoms with van der Waals surface area (Å²) in [5.41, 5.74) is 0. The van der Waals surface area contributed by atoms with Crippen molar-refractivity contribution in [1.29, 1.82) is 0 Å². The molecule has 0 radical (unpaired) electrons. The van der Waals surface area contributed by atoms with E-state index in [-0.39, 0.29) is 0 Å². The zero-order chi connectivity index (χ0) is 10.1. The molecule has 3 rings (SSSR count). The fraction of sp³-hybridized carbons (Fsp3) is 1.00. The van der Waals surface area contributed by atoms with E-state index in [4.69, 9.17) is 0 Å². The highest BCUT2D eigenvalue weighted by Gasteiger charge is 2.40. The summed E-state index contributed by atoms with van der Waals surface area (Å²) < 4.78 is 0. The molecule has 0 spiro atoms. The molecule has 3 aliphatic rings. The Balaban J connectivity index is 1.94. The average molecular weight is 196 g/mol. The van der Waals surface area contributed by atoms with Crippen LogP contribution in [0.25, 0.3) is 0 Å². The highest BCUT2D eigenvalue weighted by Crippen LogP contribution is 2.49. The third-order valence-electron chi connectivity index (χ3n) is 4.46. The molecule has 2 bridgehead atoms. The Bertz CT molecular complexity index is 188. The van der Waals surface area contributed by atoms with Crippen molar-refractivity contribution in [2.75, 3.05) is 6.61 Å². The van der Waals surface area contributed by atoms with Crippen LogP contribution in [-0.2, 0) is 0 Å². The fourth-order valence-electron chi connectivity index (χ4n) is 3.80. The zero-order valence-corrected chi connectivity index (χ0v) is 9.58. The van der Waals surface area contributed by atoms with E-state index < -0.39 is 0 Å². The highest BCUT2D eigenvalue weighted by molar-refractivity contribution is 4.91. The topological polar surface area (TPSA) is 20.2 Å². The third-order valence-corrected chi connectivity index (χ3v) is 4.46. The summed E-state index contributed by atoms with van der Waals surface area (Å²) in [5, 5.41) is 9.28. The minimum atomic E-state index is 0.440. The van der Waals surface area contributed by atoms with Gasteiger partial charge in [0.2, 0.25) is 0 Å². The lowest BCUT2D eigenvalue weighted by atomic mass is 9.58. The minimum Gasteiger partial charge on any atom is -0.396 e. The van der Waals surface area contributed by atoms with E-state index in [1.165, 1.54) is 32.1 Å². The van der Waals surface area contributed by atoms with Crippen LogP contribution in [0.5, 0.6) is 0 Å². The fourth-order valence-corrected chi connectivity index (χ4v) is 3.80. The van der Waals surface area contributed by atoms with Crippen LogP contribution in [0.15, 0.2) is 0 Å². The van der Waals surface area contributed by atoms with Crippen molar-refractivity contribution >= 4 is 0 Å². The Morgan fingerprint density at radius 2 is 1.64 bits per heavy atom. The van der Waals surface area contributed by atoms with Crippen molar-refractivity contribution in [3.63, 3.8) is 0 Å². The summed E-state index contributed by atoms with van der Waals surface area (Å²) >= 11 is 0. The molecule has 0 aliphatic heterocycles. The molecule has 3 saturated carbocycles. The van der Waals surface area contributed by atoms with Gasteiger partial charge in [-0.1, -0.05) is 13.8 Å². The molecule has 0 aromatic rings. The number of hydrogen-bond acceptors (Lipinski definition) is 1. The first-order valence-corrected chi connectivity index (χ1v) is 6.31. The number of hydrogen-bond donors (Lipinski definition) is 1. The van der Waals surface area contributed by atoms with Crippen molar-refractivity contribution in [2.45, 2.75) is 46.0 Å². The zero-order valence-electron chi connectivity index (χ0n) is 9.58. The van der Waals surface area contributed by atoms with Crippen LogP contribution in [-0.4, -0.2) is 11.7 Å². The molecule has 0 amide bonds. The first-order chi connectivity index (χ1) is 6.70. The lowest BCUT2D eigenvalue weighted by Crippen LogP contribution is -2.39. The van der Waals surface area contributed by atoms with E-state index in [0.29, 0.717) is 12.5 Å². The van der Waals surface area contributed by atoms with E-state index >= 15 is 0 Å². The number of aliphatic hydroxyl groups is 1. The second-order valence-corrected chi connectivity index (χ2v) is 5.90. The van der Waals surface area contributed by atoms with Crippen molar-refractivity contribution in [3.05, 3.63) is 0 Å². The summed E-state index contributed by atoms with van der Waals surface area (Å²) in [6.07, 6.45) is 6.98. The standard InChI is InChI=1S/C13H24O/c1-9(2)5-12-6-11-4-3-10(12)7-13(11)8-14/h9-14H,3-8H2,1-2H3. The molecule has 3 aliphatic carbocycles. The van der Waals surface area contributed by atoms with Gasteiger partial charge < -0.3 is 5.11 Å². The van der Waals surface area contributed by atoms with Gasteiger partial charge in [0.25, 0.3) is 0 Å². The van der Waals surface area contributed by atoms with Gasteiger partial charge >= 0.3 is 0 Å². The van der Waals surface area contributed by atoms with E-state index in [9.17, 15) is 5.11 Å². The monoisotopic (exact) mass is 196 g/mol. The lowest BCUT2D eigenvalue weighted by molar-refractivity contribution is 0.00383. The Kier molecular flexibility index (Phi) is 3.16. The highest BCUT2D eigenvalue weighted by atomic mass is 16.3. The first-order valence-electron chi connectivity index (χ1n) is 6.31. The van der Waals surface area contributed by atoms with Gasteiger partial charge in [-0.25, -0.2) is 0 Å². The van der Waals surface area contributed by atoms with E-state index in [1.54, 1.807) is 0 Å². The first kappa shape index (κ1) is 10.5. The summed E-state index contributed by atoms with van der Waals surface area (Å²) in [6.45, 7) is 5.12. The maximum absolute atomic E-state index is 9.28. The molecule has 1 nitrogen and oxygen atoms in total. The van der Waals surface area contributed by atoms with E-state index in [0.717, 1.165) is 23.7 Å². The SMILES string of the molecule is CC(C)CC1CC2CCC1CC2CO. The van der Waals surface area contributed by atoms with Crippen LogP contribution in [0.1, 0.15) is 46.0 Å². The maximum Gasteiger partial charge on any atom is 0.0462 e. The quantitative estimate of drug-likeness (QED) is 0.735. The Morgan fingerprint density at radius 3 is 2.07 bits per heavy atom. The van der Waals surface area contributed by atoms with Crippen LogP contribution >= 0.6 is 0 Å². The van der Waals surface area contributed by atoms with Crippen LogP contribution in [0, 0.1) is 29.6 Å². The molecule has 4 atom stereocenters. The molecule has 0 aromatic carbocycles. The number of aliphatic hydroxyl groups excluding tert-OH is 1. The third kappa shape index (κ3) is 1.98. The molecule has 0 aromatic heterocycles. The molecule has 4 unspecified atom stereocenters. The summed E-state index contributed by atoms with van der Waals surface area (Å²) in [4.78, 5) is 0. The minimum absolute atomic E-state index is 0.440. The van der Waals surface area contributed by atoms with Crippen LogP contribution in [0.2, 0.25) is 0 Å². The average Bonchev–Trinajstić information content (AvgIpc) is 2.17. The van der Waals surface area contributed by atoms with Gasteiger partial charge in [0.1, 0.15) is 0 Å². The van der Waals surface area contributed by atoms with Crippen LogP contribution in [0.4, 0.5) is 0 Å². The van der Waals surface area contributed by atoms with Crippen molar-refractivity contribution in [1.82, 2.24) is 0 Å². The molecule has 0 heterocycles. The molecular formula is C13H24O. The van der Waals surface area contributed by atoms with Gasteiger partial charge in [-0.05, 0) is 61.7 Å². The summed E-state index contributed by atoms with van der Waals surface area (Å²) in [5.74, 6) is 4.29. The van der Waals surface area contributed by atoms with Crippen molar-refractivity contribution in [2.24, 2.45) is 29.6 Å². The largest absolute Gasteiger partial charge is 0.396 e. The molecule has 3 fully saturated rings. The molecule has 1 heteroatoms. The van der Waals surface area contributed by atoms with Gasteiger partial charge in [0.05, 0.1) is 0 Å². The number of rotatable bonds is 3. The van der Waals surface area contributed by atoms with Crippen LogP contribution in [0.3, 0.4) is 0 Å². The molecular weight excluding hydrogens is 172 g/mol. The van der Waals surface area contributed by atoms with Crippen molar-refractivity contribution in [3.8, 4) is 0 Å². The molecule has 14 heavy (non-hydrogen) atoms. The van der Waals surface area contributed by atoms with Crippen LogP contribution < -0.4 is 0 Å². The Labute approximate surface area is 87.9 Å². The molecule has 0 saturated heterocycles. The van der Waals surface area contributed by atoms with Gasteiger partial charge in [-0.3, -0.25) is 0 Å². The maximum atomic E-state index is 9.28.